The zero-order valence-electron chi connectivity index (χ0n) is 5.42. The van der Waals surface area contributed by atoms with Crippen LogP contribution >= 0.6 is 19.7 Å². The first-order valence-corrected chi connectivity index (χ1v) is 5.81. The molecule has 0 radical (unpaired) electrons. The van der Waals surface area contributed by atoms with Crippen LogP contribution in [0.15, 0.2) is 0 Å². The van der Waals surface area contributed by atoms with Gasteiger partial charge in [0.1, 0.15) is 0 Å². The first-order chi connectivity index (χ1) is 4.04. The molecule has 0 aliphatic heterocycles. The molecule has 0 rings (SSSR count). The number of hydrogen-bond donors (Lipinski definition) is 0. The molecule has 0 unspecified atom stereocenters. The minimum absolute atomic E-state index is 0.245. The molecule has 0 amide bonds. The molecule has 0 aliphatic rings. The molecule has 0 spiro atoms. The summed E-state index contributed by atoms with van der Waals surface area (Å²) < 4.78 is 47.3. The Morgan fingerprint density at radius 3 is 1.70 bits per heavy atom. The first kappa shape index (κ1) is 10.4. The summed E-state index contributed by atoms with van der Waals surface area (Å²) in [7, 11) is -4.21. The quantitative estimate of drug-likeness (QED) is 0.594. The van der Waals surface area contributed by atoms with Gasteiger partial charge < -0.3 is 0 Å². The predicted molar refractivity (Wildman–Crippen MR) is 37.7 cm³/mol. The predicted octanol–water partition coefficient (Wildman–Crippen LogP) is 4.35. The van der Waals surface area contributed by atoms with Gasteiger partial charge in [0.05, 0.1) is 5.75 Å². The summed E-state index contributed by atoms with van der Waals surface area (Å²) >= 11 is 0. The molecule has 0 saturated carbocycles. The van der Waals surface area contributed by atoms with Crippen LogP contribution in [0.1, 0.15) is 19.8 Å². The second-order valence-corrected chi connectivity index (χ2v) is 6.91. The van der Waals surface area contributed by atoms with Crippen LogP contribution in [0, 0.1) is 0 Å². The van der Waals surface area contributed by atoms with Crippen LogP contribution in [0.3, 0.4) is 0 Å². The summed E-state index contributed by atoms with van der Waals surface area (Å²) in [5.41, 5.74) is 0. The fourth-order valence-corrected chi connectivity index (χ4v) is 1.58. The van der Waals surface area contributed by atoms with Gasteiger partial charge in [-0.25, -0.2) is 0 Å². The van der Waals surface area contributed by atoms with Crippen molar-refractivity contribution in [3.8, 4) is 0 Å². The van der Waals surface area contributed by atoms with Crippen LogP contribution in [0.25, 0.3) is 0 Å². The van der Waals surface area contributed by atoms with Crippen molar-refractivity contribution in [2.75, 3.05) is 5.75 Å². The van der Waals surface area contributed by atoms with Gasteiger partial charge in [-0.3, -0.25) is 0 Å². The summed E-state index contributed by atoms with van der Waals surface area (Å²) in [6.07, 6.45) is 0.0411. The van der Waals surface area contributed by atoms with Crippen molar-refractivity contribution in [3.63, 3.8) is 0 Å². The van der Waals surface area contributed by atoms with E-state index in [1.807, 2.05) is 0 Å². The van der Waals surface area contributed by atoms with Crippen LogP contribution in [-0.2, 0) is 0 Å². The average molecular weight is 201 g/mol. The highest BCUT2D eigenvalue weighted by Crippen LogP contribution is 3.00. The van der Waals surface area contributed by atoms with Crippen molar-refractivity contribution in [1.29, 1.82) is 0 Å². The Morgan fingerprint density at radius 2 is 1.60 bits per heavy atom. The molecule has 0 saturated heterocycles. The second kappa shape index (κ2) is 1.94. The number of rotatable bonds is 3. The highest BCUT2D eigenvalue weighted by Gasteiger charge is 2.59. The Kier molecular flexibility index (Phi) is 2.01. The van der Waals surface area contributed by atoms with Crippen molar-refractivity contribution in [2.24, 2.45) is 0 Å². The Morgan fingerprint density at radius 1 is 1.20 bits per heavy atom. The maximum atomic E-state index is 11.8. The fraction of sp³-hybridized carbons (Fsp3) is 1.00. The van der Waals surface area contributed by atoms with Crippen molar-refractivity contribution >= 4 is 19.7 Å². The molecule has 0 aromatic heterocycles. The third kappa shape index (κ3) is 8.36. The Balaban J connectivity index is 4.13. The smallest absolute Gasteiger partial charge is 0.111 e. The van der Waals surface area contributed by atoms with Gasteiger partial charge in [-0.15, -0.1) is 15.5 Å². The number of halogens is 5. The SMILES string of the molecule is CCCCS(F)(F)(F)(F)Cl. The van der Waals surface area contributed by atoms with E-state index in [1.54, 1.807) is 6.92 Å². The van der Waals surface area contributed by atoms with E-state index in [4.69, 9.17) is 0 Å². The van der Waals surface area contributed by atoms with Gasteiger partial charge in [0, 0.05) is 10.7 Å². The van der Waals surface area contributed by atoms with E-state index < -0.39 is 14.8 Å². The lowest BCUT2D eigenvalue weighted by atomic mass is 10.4. The molecule has 0 bridgehead atoms. The van der Waals surface area contributed by atoms with Crippen LogP contribution < -0.4 is 0 Å². The molecule has 0 aromatic rings. The van der Waals surface area contributed by atoms with Gasteiger partial charge in [0.25, 0.3) is 0 Å². The third-order valence-corrected chi connectivity index (χ3v) is 2.41. The lowest BCUT2D eigenvalue weighted by molar-refractivity contribution is 0.475. The third-order valence-electron chi connectivity index (χ3n) is 0.884. The Labute approximate surface area is 61.5 Å². The van der Waals surface area contributed by atoms with E-state index in [1.165, 1.54) is 0 Å². The molecule has 0 aromatic carbocycles. The van der Waals surface area contributed by atoms with Gasteiger partial charge >= 0.3 is 0 Å². The minimum Gasteiger partial charge on any atom is -0.111 e. The Hall–Kier alpha value is 0.360. The largest absolute Gasteiger partial charge is 0.230 e. The molecule has 10 heavy (non-hydrogen) atoms. The highest BCUT2D eigenvalue weighted by molar-refractivity contribution is 8.65. The van der Waals surface area contributed by atoms with E-state index in [0.717, 1.165) is 0 Å². The van der Waals surface area contributed by atoms with E-state index >= 15 is 0 Å². The van der Waals surface area contributed by atoms with Crippen LogP contribution in [0.5, 0.6) is 0 Å². The topological polar surface area (TPSA) is 0 Å². The van der Waals surface area contributed by atoms with Crippen molar-refractivity contribution in [3.05, 3.63) is 0 Å². The molecular weight excluding hydrogens is 192 g/mol. The zero-order valence-corrected chi connectivity index (χ0v) is 6.99. The fourth-order valence-electron chi connectivity index (χ4n) is 0.417. The first-order valence-electron chi connectivity index (χ1n) is 2.77. The molecular formula is C4H9ClF4S. The minimum atomic E-state index is -8.08. The zero-order chi connectivity index (χ0) is 8.53. The lowest BCUT2D eigenvalue weighted by Gasteiger charge is -2.42. The second-order valence-electron chi connectivity index (χ2n) is 2.19. The lowest BCUT2D eigenvalue weighted by Crippen LogP contribution is -2.08. The summed E-state index contributed by atoms with van der Waals surface area (Å²) in [5, 5.41) is 0. The molecule has 0 heterocycles. The Bertz CT molecular complexity index is 123. The van der Waals surface area contributed by atoms with Crippen molar-refractivity contribution in [1.82, 2.24) is 0 Å². The monoisotopic (exact) mass is 200 g/mol. The van der Waals surface area contributed by atoms with E-state index in [-0.39, 0.29) is 12.8 Å². The highest BCUT2D eigenvalue weighted by atomic mass is 35.7. The summed E-state index contributed by atoms with van der Waals surface area (Å²) in [6.45, 7) is 1.54. The summed E-state index contributed by atoms with van der Waals surface area (Å²) in [6, 6.07) is 0. The number of hydrogen-bond acceptors (Lipinski definition) is 0. The molecule has 0 atom stereocenters. The van der Waals surface area contributed by atoms with Gasteiger partial charge in [0.15, 0.2) is 0 Å². The molecule has 0 aliphatic carbocycles. The van der Waals surface area contributed by atoms with Crippen LogP contribution in [0.2, 0.25) is 0 Å². The van der Waals surface area contributed by atoms with E-state index in [9.17, 15) is 15.5 Å². The summed E-state index contributed by atoms with van der Waals surface area (Å²) in [4.78, 5) is 0. The normalized spacial score (nSPS) is 19.8. The van der Waals surface area contributed by atoms with E-state index in [2.05, 4.69) is 10.7 Å². The molecule has 66 valence electrons. The van der Waals surface area contributed by atoms with Gasteiger partial charge in [-0.05, 0) is 6.42 Å². The molecule has 0 N–H and O–H groups in total. The van der Waals surface area contributed by atoms with Crippen molar-refractivity contribution in [2.45, 2.75) is 19.8 Å². The average Bonchev–Trinajstić information content (AvgIpc) is 1.55. The summed E-state index contributed by atoms with van der Waals surface area (Å²) in [5.74, 6) is -1.49. The van der Waals surface area contributed by atoms with Crippen LogP contribution in [0.4, 0.5) is 15.5 Å². The molecule has 0 nitrogen and oxygen atoms in total. The van der Waals surface area contributed by atoms with Gasteiger partial charge in [-0.2, -0.15) is 0 Å². The van der Waals surface area contributed by atoms with E-state index in [0.29, 0.717) is 0 Å². The standard InChI is InChI=1S/C4H9ClF4S/c1-2-3-4-10(5,6,7,8)9/h2-4H2,1H3. The number of unbranched alkanes of at least 4 members (excludes halogenated alkanes) is 1. The molecule has 6 heteroatoms. The van der Waals surface area contributed by atoms with Crippen LogP contribution in [-0.4, -0.2) is 5.75 Å². The maximum Gasteiger partial charge on any atom is 0.230 e. The maximum absolute atomic E-state index is 11.8. The van der Waals surface area contributed by atoms with Gasteiger partial charge in [0.2, 0.25) is 9.05 Å². The van der Waals surface area contributed by atoms with Gasteiger partial charge in [-0.1, -0.05) is 13.3 Å². The molecule has 0 fully saturated rings. The van der Waals surface area contributed by atoms with Crippen molar-refractivity contribution < 1.29 is 15.5 Å².